The summed E-state index contributed by atoms with van der Waals surface area (Å²) in [5.41, 5.74) is 0.960. The summed E-state index contributed by atoms with van der Waals surface area (Å²) in [7, 11) is 0. The van der Waals surface area contributed by atoms with Crippen LogP contribution in [0.15, 0.2) is 24.3 Å². The average Bonchev–Trinajstić information content (AvgIpc) is 2.57. The highest BCUT2D eigenvalue weighted by molar-refractivity contribution is 7.20. The first-order chi connectivity index (χ1) is 7.25. The van der Waals surface area contributed by atoms with Gasteiger partial charge in [0.15, 0.2) is 0 Å². The first-order valence-electron chi connectivity index (χ1n) is 5.01. The van der Waals surface area contributed by atoms with Crippen molar-refractivity contribution in [2.75, 3.05) is 13.1 Å². The standard InChI is InChI=1S/C11H12N2OS/c1-11(6-12-7-11)14-10-13-8-4-2-3-5-9(8)15-10/h2-5,12H,6-7H2,1H3. The molecule has 1 aromatic heterocycles. The first-order valence-corrected chi connectivity index (χ1v) is 5.82. The maximum absolute atomic E-state index is 5.87. The van der Waals surface area contributed by atoms with Gasteiger partial charge in [0, 0.05) is 13.1 Å². The van der Waals surface area contributed by atoms with Gasteiger partial charge in [0.25, 0.3) is 5.19 Å². The second kappa shape index (κ2) is 3.18. The Balaban J connectivity index is 1.91. The summed E-state index contributed by atoms with van der Waals surface area (Å²) in [5, 5.41) is 3.99. The number of hydrogen-bond donors (Lipinski definition) is 1. The fourth-order valence-electron chi connectivity index (χ4n) is 1.65. The van der Waals surface area contributed by atoms with Gasteiger partial charge < -0.3 is 10.1 Å². The maximum atomic E-state index is 5.87. The van der Waals surface area contributed by atoms with Crippen LogP contribution in [0.1, 0.15) is 6.92 Å². The minimum absolute atomic E-state index is 0.0616. The Morgan fingerprint density at radius 2 is 2.20 bits per heavy atom. The SMILES string of the molecule is CC1(Oc2nc3ccccc3s2)CNC1. The van der Waals surface area contributed by atoms with E-state index >= 15 is 0 Å². The summed E-state index contributed by atoms with van der Waals surface area (Å²) < 4.78 is 7.05. The Morgan fingerprint density at radius 1 is 1.40 bits per heavy atom. The van der Waals surface area contributed by atoms with Gasteiger partial charge >= 0.3 is 0 Å². The lowest BCUT2D eigenvalue weighted by Gasteiger charge is -2.38. The van der Waals surface area contributed by atoms with Crippen molar-refractivity contribution in [1.29, 1.82) is 0 Å². The van der Waals surface area contributed by atoms with Gasteiger partial charge in [-0.15, -0.1) is 0 Å². The molecular formula is C11H12N2OS. The van der Waals surface area contributed by atoms with Crippen LogP contribution in [0, 0.1) is 0 Å². The van der Waals surface area contributed by atoms with E-state index in [1.54, 1.807) is 11.3 Å². The Hall–Kier alpha value is -1.13. The second-order valence-corrected chi connectivity index (χ2v) is 5.10. The van der Waals surface area contributed by atoms with E-state index in [1.165, 1.54) is 4.70 Å². The normalized spacial score (nSPS) is 18.7. The van der Waals surface area contributed by atoms with Gasteiger partial charge in [-0.25, -0.2) is 4.98 Å². The van der Waals surface area contributed by atoms with Crippen LogP contribution in [0.25, 0.3) is 10.2 Å². The van der Waals surface area contributed by atoms with Crippen LogP contribution in [0.5, 0.6) is 5.19 Å². The van der Waals surface area contributed by atoms with Crippen molar-refractivity contribution in [2.24, 2.45) is 0 Å². The molecule has 78 valence electrons. The molecule has 1 N–H and O–H groups in total. The zero-order chi connectivity index (χ0) is 10.3. The van der Waals surface area contributed by atoms with Crippen LogP contribution in [-0.4, -0.2) is 23.7 Å². The van der Waals surface area contributed by atoms with E-state index in [2.05, 4.69) is 23.3 Å². The number of rotatable bonds is 2. The molecule has 0 spiro atoms. The van der Waals surface area contributed by atoms with Gasteiger partial charge in [0.05, 0.1) is 10.2 Å². The molecule has 2 aromatic rings. The number of para-hydroxylation sites is 1. The predicted molar refractivity (Wildman–Crippen MR) is 61.5 cm³/mol. The molecule has 1 aliphatic heterocycles. The smallest absolute Gasteiger partial charge is 0.274 e. The summed E-state index contributed by atoms with van der Waals surface area (Å²) in [6.45, 7) is 3.92. The lowest BCUT2D eigenvalue weighted by Crippen LogP contribution is -2.60. The molecule has 1 aromatic carbocycles. The molecule has 0 amide bonds. The lowest BCUT2D eigenvalue weighted by atomic mass is 10.0. The zero-order valence-electron chi connectivity index (χ0n) is 8.49. The fourth-order valence-corrected chi connectivity index (χ4v) is 2.59. The highest BCUT2D eigenvalue weighted by atomic mass is 32.1. The van der Waals surface area contributed by atoms with Crippen molar-refractivity contribution in [3.63, 3.8) is 0 Å². The summed E-state index contributed by atoms with van der Waals surface area (Å²) in [6, 6.07) is 8.11. The van der Waals surface area contributed by atoms with E-state index in [4.69, 9.17) is 4.74 Å². The van der Waals surface area contributed by atoms with Crippen LogP contribution < -0.4 is 10.1 Å². The Bertz CT molecular complexity index is 457. The minimum atomic E-state index is -0.0616. The van der Waals surface area contributed by atoms with Crippen LogP contribution in [0.3, 0.4) is 0 Å². The van der Waals surface area contributed by atoms with Crippen LogP contribution >= 0.6 is 11.3 Å². The van der Waals surface area contributed by atoms with E-state index in [1.807, 2.05) is 18.2 Å². The molecule has 1 aliphatic rings. The fraction of sp³-hybridized carbons (Fsp3) is 0.364. The predicted octanol–water partition coefficient (Wildman–Crippen LogP) is 2.04. The quantitative estimate of drug-likeness (QED) is 0.841. The third kappa shape index (κ3) is 1.60. The number of nitrogens with zero attached hydrogens (tertiary/aromatic N) is 1. The molecular weight excluding hydrogens is 208 g/mol. The van der Waals surface area contributed by atoms with E-state index in [0.717, 1.165) is 23.8 Å². The Kier molecular flexibility index (Phi) is 1.94. The molecule has 0 unspecified atom stereocenters. The molecule has 0 aliphatic carbocycles. The molecule has 0 saturated carbocycles. The summed E-state index contributed by atoms with van der Waals surface area (Å²) in [6.07, 6.45) is 0. The van der Waals surface area contributed by atoms with Crippen molar-refractivity contribution in [3.8, 4) is 5.19 Å². The number of fused-ring (bicyclic) bond motifs is 1. The summed E-state index contributed by atoms with van der Waals surface area (Å²) in [5.74, 6) is 0. The monoisotopic (exact) mass is 220 g/mol. The summed E-state index contributed by atoms with van der Waals surface area (Å²) >= 11 is 1.61. The van der Waals surface area contributed by atoms with Crippen molar-refractivity contribution in [3.05, 3.63) is 24.3 Å². The second-order valence-electron chi connectivity index (χ2n) is 4.10. The molecule has 3 rings (SSSR count). The molecule has 3 nitrogen and oxygen atoms in total. The molecule has 0 radical (unpaired) electrons. The van der Waals surface area contributed by atoms with E-state index in [0.29, 0.717) is 0 Å². The van der Waals surface area contributed by atoms with Gasteiger partial charge in [-0.2, -0.15) is 0 Å². The molecule has 15 heavy (non-hydrogen) atoms. The molecule has 2 heterocycles. The first kappa shape index (κ1) is 9.12. The van der Waals surface area contributed by atoms with E-state index in [9.17, 15) is 0 Å². The largest absolute Gasteiger partial charge is 0.461 e. The Morgan fingerprint density at radius 3 is 2.87 bits per heavy atom. The van der Waals surface area contributed by atoms with Gasteiger partial charge in [0.1, 0.15) is 5.60 Å². The number of ether oxygens (including phenoxy) is 1. The molecule has 4 heteroatoms. The van der Waals surface area contributed by atoms with Gasteiger partial charge in [-0.05, 0) is 19.1 Å². The summed E-state index contributed by atoms with van der Waals surface area (Å²) in [4.78, 5) is 4.45. The topological polar surface area (TPSA) is 34.1 Å². The number of hydrogen-bond acceptors (Lipinski definition) is 4. The highest BCUT2D eigenvalue weighted by Gasteiger charge is 2.34. The van der Waals surface area contributed by atoms with Crippen molar-refractivity contribution in [2.45, 2.75) is 12.5 Å². The van der Waals surface area contributed by atoms with Crippen LogP contribution in [0.2, 0.25) is 0 Å². The van der Waals surface area contributed by atoms with Gasteiger partial charge in [-0.1, -0.05) is 23.5 Å². The number of benzene rings is 1. The van der Waals surface area contributed by atoms with Crippen LogP contribution in [-0.2, 0) is 0 Å². The van der Waals surface area contributed by atoms with Gasteiger partial charge in [0.2, 0.25) is 0 Å². The molecule has 0 atom stereocenters. The van der Waals surface area contributed by atoms with Crippen molar-refractivity contribution in [1.82, 2.24) is 10.3 Å². The number of nitrogens with one attached hydrogen (secondary N) is 1. The van der Waals surface area contributed by atoms with E-state index in [-0.39, 0.29) is 5.60 Å². The van der Waals surface area contributed by atoms with Crippen LogP contribution in [0.4, 0.5) is 0 Å². The van der Waals surface area contributed by atoms with E-state index < -0.39 is 0 Å². The van der Waals surface area contributed by atoms with Gasteiger partial charge in [-0.3, -0.25) is 0 Å². The van der Waals surface area contributed by atoms with Crippen molar-refractivity contribution >= 4 is 21.6 Å². The number of aromatic nitrogens is 1. The third-order valence-electron chi connectivity index (χ3n) is 2.61. The third-order valence-corrected chi connectivity index (χ3v) is 3.52. The molecule has 1 saturated heterocycles. The average molecular weight is 220 g/mol. The zero-order valence-corrected chi connectivity index (χ0v) is 9.30. The molecule has 1 fully saturated rings. The highest BCUT2D eigenvalue weighted by Crippen LogP contribution is 2.30. The number of thiazole rings is 1. The Labute approximate surface area is 92.1 Å². The maximum Gasteiger partial charge on any atom is 0.274 e. The lowest BCUT2D eigenvalue weighted by molar-refractivity contribution is 0.0348. The molecule has 0 bridgehead atoms. The minimum Gasteiger partial charge on any atom is -0.461 e. The van der Waals surface area contributed by atoms with Crippen molar-refractivity contribution < 1.29 is 4.74 Å².